The normalized spacial score (nSPS) is 11.4. The summed E-state index contributed by atoms with van der Waals surface area (Å²) in [5, 5.41) is 12.0. The highest BCUT2D eigenvalue weighted by Gasteiger charge is 2.15. The van der Waals surface area contributed by atoms with Crippen molar-refractivity contribution < 1.29 is 4.79 Å². The molecule has 1 N–H and O–H groups in total. The van der Waals surface area contributed by atoms with Gasteiger partial charge in [-0.15, -0.1) is 0 Å². The van der Waals surface area contributed by atoms with Crippen molar-refractivity contribution in [3.8, 4) is 6.07 Å². The van der Waals surface area contributed by atoms with E-state index in [-0.39, 0.29) is 12.3 Å². The van der Waals surface area contributed by atoms with Crippen LogP contribution in [-0.2, 0) is 4.79 Å². The minimum atomic E-state index is -0.417. The molecule has 1 unspecified atom stereocenters. The number of aryl methyl sites for hydroxylation is 1. The van der Waals surface area contributed by atoms with Crippen molar-refractivity contribution in [3.05, 3.63) is 65.7 Å². The maximum Gasteiger partial charge on any atom is 0.226 e. The summed E-state index contributed by atoms with van der Waals surface area (Å²) in [5.41, 5.74) is 2.76. The highest BCUT2D eigenvalue weighted by atomic mass is 16.1. The van der Waals surface area contributed by atoms with Gasteiger partial charge in [0, 0.05) is 12.1 Å². The molecule has 0 radical (unpaired) electrons. The fraction of sp³-hybridized carbons (Fsp3) is 0.176. The van der Waals surface area contributed by atoms with Gasteiger partial charge in [-0.05, 0) is 24.6 Å². The number of nitrogens with one attached hydrogen (secondary N) is 1. The Morgan fingerprint density at radius 1 is 1.15 bits per heavy atom. The Morgan fingerprint density at radius 2 is 1.80 bits per heavy atom. The molecule has 0 saturated carbocycles. The number of hydrogen-bond acceptors (Lipinski definition) is 2. The van der Waals surface area contributed by atoms with E-state index in [1.807, 2.05) is 61.5 Å². The largest absolute Gasteiger partial charge is 0.326 e. The molecule has 2 aromatic carbocycles. The van der Waals surface area contributed by atoms with Gasteiger partial charge in [0.1, 0.15) is 0 Å². The van der Waals surface area contributed by atoms with E-state index in [2.05, 4.69) is 11.4 Å². The number of carbonyl (C=O) groups is 1. The lowest BCUT2D eigenvalue weighted by Crippen LogP contribution is -2.15. The zero-order valence-corrected chi connectivity index (χ0v) is 11.3. The summed E-state index contributed by atoms with van der Waals surface area (Å²) in [5.74, 6) is -0.567. The predicted molar refractivity (Wildman–Crippen MR) is 79.2 cm³/mol. The van der Waals surface area contributed by atoms with Gasteiger partial charge in [0.15, 0.2) is 0 Å². The van der Waals surface area contributed by atoms with Crippen LogP contribution in [0.2, 0.25) is 0 Å². The summed E-state index contributed by atoms with van der Waals surface area (Å²) in [4.78, 5) is 12.0. The van der Waals surface area contributed by atoms with E-state index in [0.717, 1.165) is 16.8 Å². The van der Waals surface area contributed by atoms with E-state index in [1.54, 1.807) is 0 Å². The number of benzene rings is 2. The van der Waals surface area contributed by atoms with Gasteiger partial charge in [-0.3, -0.25) is 4.79 Å². The standard InChI is InChI=1S/C17H16N2O/c1-13-7-9-14(10-8-13)15(12-18)11-17(20)19-16-5-3-2-4-6-16/h2-10,15H,11H2,1H3,(H,19,20). The molecule has 100 valence electrons. The highest BCUT2D eigenvalue weighted by Crippen LogP contribution is 2.20. The van der Waals surface area contributed by atoms with Crippen LogP contribution in [0.5, 0.6) is 0 Å². The van der Waals surface area contributed by atoms with Gasteiger partial charge in [0.25, 0.3) is 0 Å². The first kappa shape index (κ1) is 13.8. The fourth-order valence-electron chi connectivity index (χ4n) is 1.96. The van der Waals surface area contributed by atoms with Crippen LogP contribution in [0.1, 0.15) is 23.5 Å². The van der Waals surface area contributed by atoms with Crippen molar-refractivity contribution in [2.24, 2.45) is 0 Å². The monoisotopic (exact) mass is 264 g/mol. The molecular weight excluding hydrogens is 248 g/mol. The van der Waals surface area contributed by atoms with Gasteiger partial charge in [-0.2, -0.15) is 5.26 Å². The fourth-order valence-corrected chi connectivity index (χ4v) is 1.96. The Bertz CT molecular complexity index is 612. The van der Waals surface area contributed by atoms with Gasteiger partial charge in [-0.25, -0.2) is 0 Å². The number of anilines is 1. The Hall–Kier alpha value is -2.60. The Labute approximate surface area is 118 Å². The molecule has 0 aliphatic carbocycles. The maximum atomic E-state index is 12.0. The molecule has 0 aromatic heterocycles. The van der Waals surface area contributed by atoms with Gasteiger partial charge in [-0.1, -0.05) is 48.0 Å². The maximum absolute atomic E-state index is 12.0. The van der Waals surface area contributed by atoms with Crippen molar-refractivity contribution in [2.75, 3.05) is 5.32 Å². The first-order valence-corrected chi connectivity index (χ1v) is 6.50. The number of nitriles is 1. The summed E-state index contributed by atoms with van der Waals surface area (Å²) in [6, 6.07) is 19.2. The Kier molecular flexibility index (Phi) is 4.52. The number of hydrogen-bond donors (Lipinski definition) is 1. The number of amides is 1. The topological polar surface area (TPSA) is 52.9 Å². The number of carbonyl (C=O) groups excluding carboxylic acids is 1. The van der Waals surface area contributed by atoms with E-state index in [9.17, 15) is 10.1 Å². The molecule has 20 heavy (non-hydrogen) atoms. The lowest BCUT2D eigenvalue weighted by molar-refractivity contribution is -0.116. The molecule has 0 aliphatic heterocycles. The molecule has 0 spiro atoms. The first-order chi connectivity index (χ1) is 9.69. The van der Waals surface area contributed by atoms with Gasteiger partial charge < -0.3 is 5.32 Å². The van der Waals surface area contributed by atoms with E-state index < -0.39 is 5.92 Å². The van der Waals surface area contributed by atoms with Gasteiger partial charge in [0.05, 0.1) is 12.0 Å². The van der Waals surface area contributed by atoms with Gasteiger partial charge >= 0.3 is 0 Å². The minimum absolute atomic E-state index is 0.150. The summed E-state index contributed by atoms with van der Waals surface area (Å²) in [6.45, 7) is 1.99. The molecule has 3 nitrogen and oxygen atoms in total. The van der Waals surface area contributed by atoms with Gasteiger partial charge in [0.2, 0.25) is 5.91 Å². The molecule has 3 heteroatoms. The number of nitrogens with zero attached hydrogens (tertiary/aromatic N) is 1. The van der Waals surface area contributed by atoms with E-state index in [1.165, 1.54) is 0 Å². The Balaban J connectivity index is 2.02. The van der Waals surface area contributed by atoms with Crippen LogP contribution >= 0.6 is 0 Å². The van der Waals surface area contributed by atoms with Crippen LogP contribution in [0.25, 0.3) is 0 Å². The summed E-state index contributed by atoms with van der Waals surface area (Å²) >= 11 is 0. The zero-order valence-electron chi connectivity index (χ0n) is 11.3. The van der Waals surface area contributed by atoms with E-state index in [0.29, 0.717) is 0 Å². The molecule has 0 bridgehead atoms. The van der Waals surface area contributed by atoms with Crippen molar-refractivity contribution in [1.29, 1.82) is 5.26 Å². The predicted octanol–water partition coefficient (Wildman–Crippen LogP) is 3.63. The third-order valence-electron chi connectivity index (χ3n) is 3.08. The Morgan fingerprint density at radius 3 is 2.40 bits per heavy atom. The highest BCUT2D eigenvalue weighted by molar-refractivity contribution is 5.91. The third-order valence-corrected chi connectivity index (χ3v) is 3.08. The molecule has 1 amide bonds. The second-order valence-electron chi connectivity index (χ2n) is 4.71. The average Bonchev–Trinajstić information content (AvgIpc) is 2.47. The number of para-hydroxylation sites is 1. The summed E-state index contributed by atoms with van der Waals surface area (Å²) in [7, 11) is 0. The quantitative estimate of drug-likeness (QED) is 0.916. The van der Waals surface area contributed by atoms with Crippen LogP contribution in [0.3, 0.4) is 0 Å². The minimum Gasteiger partial charge on any atom is -0.326 e. The summed E-state index contributed by atoms with van der Waals surface area (Å²) in [6.07, 6.45) is 0.161. The van der Waals surface area contributed by atoms with Crippen molar-refractivity contribution >= 4 is 11.6 Å². The molecule has 0 heterocycles. The lowest BCUT2D eigenvalue weighted by Gasteiger charge is -2.10. The van der Waals surface area contributed by atoms with Crippen LogP contribution in [0, 0.1) is 18.3 Å². The number of rotatable bonds is 4. The third kappa shape index (κ3) is 3.69. The molecule has 0 aliphatic rings. The van der Waals surface area contributed by atoms with Crippen LogP contribution in [0.4, 0.5) is 5.69 Å². The molecule has 2 aromatic rings. The SMILES string of the molecule is Cc1ccc(C(C#N)CC(=O)Nc2ccccc2)cc1. The summed E-state index contributed by atoms with van der Waals surface area (Å²) < 4.78 is 0. The molecule has 1 atom stereocenters. The second-order valence-corrected chi connectivity index (χ2v) is 4.71. The molecular formula is C17H16N2O. The molecule has 2 rings (SSSR count). The zero-order chi connectivity index (χ0) is 14.4. The van der Waals surface area contributed by atoms with Crippen molar-refractivity contribution in [2.45, 2.75) is 19.3 Å². The van der Waals surface area contributed by atoms with Crippen molar-refractivity contribution in [3.63, 3.8) is 0 Å². The smallest absolute Gasteiger partial charge is 0.226 e. The van der Waals surface area contributed by atoms with E-state index >= 15 is 0 Å². The molecule has 0 fully saturated rings. The van der Waals surface area contributed by atoms with Crippen LogP contribution < -0.4 is 5.32 Å². The van der Waals surface area contributed by atoms with Crippen LogP contribution in [0.15, 0.2) is 54.6 Å². The average molecular weight is 264 g/mol. The van der Waals surface area contributed by atoms with E-state index in [4.69, 9.17) is 0 Å². The second kappa shape index (κ2) is 6.53. The van der Waals surface area contributed by atoms with Crippen molar-refractivity contribution in [1.82, 2.24) is 0 Å². The lowest BCUT2D eigenvalue weighted by atomic mass is 9.96. The van der Waals surface area contributed by atoms with Crippen LogP contribution in [-0.4, -0.2) is 5.91 Å². The molecule has 0 saturated heterocycles. The first-order valence-electron chi connectivity index (χ1n) is 6.50.